The molecule has 0 aromatic carbocycles. The first kappa shape index (κ1) is 10.6. The molecule has 1 spiro atoms. The molecule has 2 aliphatic carbocycles. The van der Waals surface area contributed by atoms with Gasteiger partial charge in [0.1, 0.15) is 0 Å². The van der Waals surface area contributed by atoms with Crippen LogP contribution in [0.5, 0.6) is 0 Å². The number of hydrazone groups is 1. The van der Waals surface area contributed by atoms with Crippen LogP contribution in [0.25, 0.3) is 0 Å². The predicted octanol–water partition coefficient (Wildman–Crippen LogP) is 2.44. The Morgan fingerprint density at radius 2 is 2.19 bits per heavy atom. The van der Waals surface area contributed by atoms with E-state index in [4.69, 9.17) is 5.10 Å². The van der Waals surface area contributed by atoms with Crippen molar-refractivity contribution in [3.05, 3.63) is 0 Å². The standard InChI is InChI=1S/C12H19N3S/c1-11(2)8-5-6-12(11)7-16-14-10(12)9(8)13-15(3)4/h8H,5-7H2,1-4H3/b13-9+. The van der Waals surface area contributed by atoms with Crippen molar-refractivity contribution in [3.8, 4) is 0 Å². The van der Waals surface area contributed by atoms with E-state index in [1.807, 2.05) is 19.1 Å². The van der Waals surface area contributed by atoms with Crippen LogP contribution >= 0.6 is 11.9 Å². The molecule has 2 bridgehead atoms. The quantitative estimate of drug-likeness (QED) is 0.517. The molecule has 0 radical (unpaired) electrons. The summed E-state index contributed by atoms with van der Waals surface area (Å²) in [5, 5.41) is 6.62. The summed E-state index contributed by atoms with van der Waals surface area (Å²) >= 11 is 1.74. The Morgan fingerprint density at radius 1 is 1.44 bits per heavy atom. The zero-order chi connectivity index (χ0) is 11.6. The molecule has 88 valence electrons. The van der Waals surface area contributed by atoms with Gasteiger partial charge in [0, 0.05) is 31.2 Å². The van der Waals surface area contributed by atoms with Crippen LogP contribution in [0.3, 0.4) is 0 Å². The maximum atomic E-state index is 4.70. The van der Waals surface area contributed by atoms with Gasteiger partial charge in [-0.2, -0.15) is 5.10 Å². The first-order valence-corrected chi connectivity index (χ1v) is 6.90. The molecule has 2 fully saturated rings. The van der Waals surface area contributed by atoms with E-state index < -0.39 is 0 Å². The molecule has 16 heavy (non-hydrogen) atoms. The van der Waals surface area contributed by atoms with Gasteiger partial charge in [-0.25, -0.2) is 4.40 Å². The van der Waals surface area contributed by atoms with Crippen molar-refractivity contribution in [2.75, 3.05) is 19.8 Å². The van der Waals surface area contributed by atoms with Crippen LogP contribution in [0.4, 0.5) is 0 Å². The molecule has 3 aliphatic rings. The van der Waals surface area contributed by atoms with E-state index in [0.717, 1.165) is 5.75 Å². The topological polar surface area (TPSA) is 28.0 Å². The van der Waals surface area contributed by atoms with Crippen LogP contribution in [0.15, 0.2) is 9.50 Å². The fraction of sp³-hybridized carbons (Fsp3) is 0.833. The largest absolute Gasteiger partial charge is 0.303 e. The number of hydrogen-bond acceptors (Lipinski definition) is 4. The van der Waals surface area contributed by atoms with E-state index in [0.29, 0.717) is 16.7 Å². The van der Waals surface area contributed by atoms with Crippen LogP contribution in [0.2, 0.25) is 0 Å². The monoisotopic (exact) mass is 237 g/mol. The lowest BCUT2D eigenvalue weighted by Gasteiger charge is -2.33. The maximum absolute atomic E-state index is 4.70. The summed E-state index contributed by atoms with van der Waals surface area (Å²) in [7, 11) is 4.00. The molecule has 0 saturated heterocycles. The van der Waals surface area contributed by atoms with Crippen LogP contribution < -0.4 is 0 Å². The number of rotatable bonds is 1. The van der Waals surface area contributed by atoms with Gasteiger partial charge in [0.25, 0.3) is 0 Å². The molecule has 3 nitrogen and oxygen atoms in total. The van der Waals surface area contributed by atoms with E-state index in [1.54, 1.807) is 11.9 Å². The summed E-state index contributed by atoms with van der Waals surface area (Å²) in [6, 6.07) is 0. The van der Waals surface area contributed by atoms with Gasteiger partial charge in [0.15, 0.2) is 0 Å². The minimum atomic E-state index is 0.331. The number of nitrogens with zero attached hydrogens (tertiary/aromatic N) is 3. The SMILES string of the molecule is CN(C)/N=C1/C2=NSCC23CCC1C3(C)C. The zero-order valence-electron chi connectivity index (χ0n) is 10.4. The zero-order valence-corrected chi connectivity index (χ0v) is 11.3. The highest BCUT2D eigenvalue weighted by Crippen LogP contribution is 2.66. The Labute approximate surface area is 102 Å². The van der Waals surface area contributed by atoms with Crippen LogP contribution in [-0.4, -0.2) is 36.3 Å². The van der Waals surface area contributed by atoms with Gasteiger partial charge < -0.3 is 5.01 Å². The van der Waals surface area contributed by atoms with Crippen molar-refractivity contribution < 1.29 is 0 Å². The molecular formula is C12H19N3S. The van der Waals surface area contributed by atoms with E-state index in [1.165, 1.54) is 24.3 Å². The Bertz CT molecular complexity index is 397. The summed E-state index contributed by atoms with van der Waals surface area (Å²) < 4.78 is 4.68. The molecule has 0 amide bonds. The first-order chi connectivity index (χ1) is 7.49. The second-order valence-electron chi connectivity index (χ2n) is 5.94. The minimum Gasteiger partial charge on any atom is -0.303 e. The third-order valence-corrected chi connectivity index (χ3v) is 5.70. The van der Waals surface area contributed by atoms with Gasteiger partial charge in [-0.1, -0.05) is 13.8 Å². The van der Waals surface area contributed by atoms with E-state index in [9.17, 15) is 0 Å². The molecule has 0 N–H and O–H groups in total. The van der Waals surface area contributed by atoms with Crippen molar-refractivity contribution >= 4 is 23.4 Å². The van der Waals surface area contributed by atoms with Gasteiger partial charge in [-0.15, -0.1) is 0 Å². The Morgan fingerprint density at radius 3 is 2.88 bits per heavy atom. The number of fused-ring (bicyclic) bond motifs is 1. The molecule has 2 atom stereocenters. The van der Waals surface area contributed by atoms with Crippen molar-refractivity contribution in [1.82, 2.24) is 5.01 Å². The second kappa shape index (κ2) is 3.03. The third kappa shape index (κ3) is 1.02. The highest BCUT2D eigenvalue weighted by molar-refractivity contribution is 7.98. The van der Waals surface area contributed by atoms with Crippen LogP contribution in [0.1, 0.15) is 26.7 Å². The van der Waals surface area contributed by atoms with Crippen LogP contribution in [-0.2, 0) is 0 Å². The van der Waals surface area contributed by atoms with Crippen molar-refractivity contribution in [2.24, 2.45) is 26.2 Å². The fourth-order valence-corrected chi connectivity index (χ4v) is 5.06. The van der Waals surface area contributed by atoms with E-state index in [2.05, 4.69) is 18.2 Å². The molecule has 4 heteroatoms. The Kier molecular flexibility index (Phi) is 2.01. The lowest BCUT2D eigenvalue weighted by Crippen LogP contribution is -2.36. The molecule has 1 heterocycles. The van der Waals surface area contributed by atoms with Crippen molar-refractivity contribution in [1.29, 1.82) is 0 Å². The Balaban J connectivity index is 2.14. The lowest BCUT2D eigenvalue weighted by atomic mass is 9.70. The van der Waals surface area contributed by atoms with Crippen molar-refractivity contribution in [3.63, 3.8) is 0 Å². The Hall–Kier alpha value is -0.510. The summed E-state index contributed by atoms with van der Waals surface area (Å²) in [6.07, 6.45) is 2.60. The summed E-state index contributed by atoms with van der Waals surface area (Å²) in [5.74, 6) is 1.78. The minimum absolute atomic E-state index is 0.331. The second-order valence-corrected chi connectivity index (χ2v) is 6.67. The molecule has 0 aromatic heterocycles. The van der Waals surface area contributed by atoms with E-state index in [-0.39, 0.29) is 0 Å². The first-order valence-electron chi connectivity index (χ1n) is 5.96. The predicted molar refractivity (Wildman–Crippen MR) is 70.0 cm³/mol. The van der Waals surface area contributed by atoms with Gasteiger partial charge in [0.2, 0.25) is 0 Å². The normalized spacial score (nSPS) is 41.4. The van der Waals surface area contributed by atoms with Crippen molar-refractivity contribution in [2.45, 2.75) is 26.7 Å². The maximum Gasteiger partial charge on any atom is 0.0869 e. The highest BCUT2D eigenvalue weighted by Gasteiger charge is 2.67. The van der Waals surface area contributed by atoms with Gasteiger partial charge in [-0.3, -0.25) is 0 Å². The molecule has 2 unspecified atom stereocenters. The number of hydrogen-bond donors (Lipinski definition) is 0. The van der Waals surface area contributed by atoms with Crippen LogP contribution in [0, 0.1) is 16.7 Å². The summed E-state index contributed by atoms with van der Waals surface area (Å²) in [5.41, 5.74) is 3.26. The van der Waals surface area contributed by atoms with Gasteiger partial charge in [-0.05, 0) is 30.2 Å². The fourth-order valence-electron chi connectivity index (χ4n) is 3.72. The molecule has 0 aromatic rings. The molecule has 1 aliphatic heterocycles. The van der Waals surface area contributed by atoms with Gasteiger partial charge >= 0.3 is 0 Å². The average molecular weight is 237 g/mol. The summed E-state index contributed by atoms with van der Waals surface area (Å²) in [4.78, 5) is 0. The van der Waals surface area contributed by atoms with Gasteiger partial charge in [0.05, 0.1) is 11.4 Å². The lowest BCUT2D eigenvalue weighted by molar-refractivity contribution is 0.214. The molecular weight excluding hydrogens is 218 g/mol. The summed E-state index contributed by atoms with van der Waals surface area (Å²) in [6.45, 7) is 4.81. The highest BCUT2D eigenvalue weighted by atomic mass is 32.2. The average Bonchev–Trinajstić information content (AvgIpc) is 2.75. The van der Waals surface area contributed by atoms with E-state index >= 15 is 0 Å². The smallest absolute Gasteiger partial charge is 0.0869 e. The molecule has 2 saturated carbocycles. The molecule has 3 rings (SSSR count). The third-order valence-electron chi connectivity index (χ3n) is 4.76.